The number of piperidine rings is 2. The number of likely N-dealkylation sites (tertiary alicyclic amines) is 2. The van der Waals surface area contributed by atoms with Crippen LogP contribution in [-0.2, 0) is 14.3 Å². The average Bonchev–Trinajstić information content (AvgIpc) is 2.77. The second-order valence-corrected chi connectivity index (χ2v) is 11.6. The lowest BCUT2D eigenvalue weighted by atomic mass is 9.49. The Balaban J connectivity index is 1.15. The quantitative estimate of drug-likeness (QED) is 0.695. The highest BCUT2D eigenvalue weighted by Gasteiger charge is 2.57. The van der Waals surface area contributed by atoms with Crippen LogP contribution in [0.15, 0.2) is 0 Å². The molecule has 0 aromatic rings. The molecule has 4 bridgehead atoms. The number of carbonyl (C=O) groups is 2. The van der Waals surface area contributed by atoms with Gasteiger partial charge in [0.15, 0.2) is 0 Å². The first-order chi connectivity index (χ1) is 14.6. The zero-order chi connectivity index (χ0) is 20.3. The van der Waals surface area contributed by atoms with Gasteiger partial charge in [0, 0.05) is 44.8 Å². The van der Waals surface area contributed by atoms with Crippen molar-refractivity contribution in [3.63, 3.8) is 0 Å². The molecule has 7 rings (SSSR count). The lowest BCUT2D eigenvalue weighted by Crippen LogP contribution is -2.62. The zero-order valence-corrected chi connectivity index (χ0v) is 18.4. The number of amides is 2. The molecule has 0 aromatic carbocycles. The minimum Gasteiger partial charge on any atom is -0.381 e. The number of nitrogens with zero attached hydrogens (tertiary/aromatic N) is 2. The van der Waals surface area contributed by atoms with Gasteiger partial charge in [-0.3, -0.25) is 9.59 Å². The molecule has 0 radical (unpaired) electrons. The molecule has 30 heavy (non-hydrogen) atoms. The first kappa shape index (κ1) is 19.6. The van der Waals surface area contributed by atoms with E-state index in [2.05, 4.69) is 9.80 Å². The van der Waals surface area contributed by atoms with Gasteiger partial charge in [-0.25, -0.2) is 0 Å². The van der Waals surface area contributed by atoms with Crippen LogP contribution in [-0.4, -0.2) is 60.5 Å². The van der Waals surface area contributed by atoms with Crippen LogP contribution in [0.1, 0.15) is 70.6 Å². The summed E-state index contributed by atoms with van der Waals surface area (Å²) in [6.07, 6.45) is 12.7. The summed E-state index contributed by atoms with van der Waals surface area (Å²) in [7, 11) is 0. The van der Waals surface area contributed by atoms with Crippen molar-refractivity contribution in [3.05, 3.63) is 0 Å². The lowest BCUT2D eigenvalue weighted by molar-refractivity contribution is -0.165. The van der Waals surface area contributed by atoms with E-state index in [0.717, 1.165) is 76.3 Å². The van der Waals surface area contributed by atoms with Crippen molar-refractivity contribution in [3.8, 4) is 0 Å². The molecule has 166 valence electrons. The molecule has 3 heterocycles. The summed E-state index contributed by atoms with van der Waals surface area (Å²) in [5.41, 5.74) is -0.0221. The summed E-state index contributed by atoms with van der Waals surface area (Å²) in [5.74, 6) is 3.96. The largest absolute Gasteiger partial charge is 0.381 e. The van der Waals surface area contributed by atoms with Gasteiger partial charge >= 0.3 is 0 Å². The second-order valence-electron chi connectivity index (χ2n) is 11.6. The third-order valence-corrected chi connectivity index (χ3v) is 9.70. The molecule has 7 aliphatic rings. The van der Waals surface area contributed by atoms with Gasteiger partial charge < -0.3 is 14.5 Å². The Bertz CT molecular complexity index is 665. The first-order valence-corrected chi connectivity index (χ1v) is 12.8. The minimum atomic E-state index is -0.0221. The number of ether oxygens (including phenoxy) is 1. The van der Waals surface area contributed by atoms with Gasteiger partial charge in [0.2, 0.25) is 11.8 Å². The molecule has 2 amide bonds. The maximum absolute atomic E-state index is 14.0. The average molecular weight is 415 g/mol. The van der Waals surface area contributed by atoms with Crippen LogP contribution in [0.25, 0.3) is 0 Å². The van der Waals surface area contributed by atoms with Crippen LogP contribution in [0, 0.1) is 35.0 Å². The van der Waals surface area contributed by atoms with Crippen molar-refractivity contribution in [2.45, 2.75) is 76.7 Å². The van der Waals surface area contributed by atoms with E-state index >= 15 is 0 Å². The van der Waals surface area contributed by atoms with Crippen LogP contribution >= 0.6 is 0 Å². The molecule has 3 aliphatic heterocycles. The Morgan fingerprint density at radius 2 is 1.50 bits per heavy atom. The predicted molar refractivity (Wildman–Crippen MR) is 114 cm³/mol. The molecule has 0 aromatic heterocycles. The number of hydrogen-bond donors (Lipinski definition) is 0. The van der Waals surface area contributed by atoms with E-state index in [9.17, 15) is 9.59 Å². The molecule has 4 saturated carbocycles. The second kappa shape index (κ2) is 7.50. The minimum absolute atomic E-state index is 0.0221. The van der Waals surface area contributed by atoms with Gasteiger partial charge in [-0.15, -0.1) is 0 Å². The highest BCUT2D eigenvalue weighted by Crippen LogP contribution is 2.61. The molecular formula is C25H38N2O3. The van der Waals surface area contributed by atoms with Crippen LogP contribution < -0.4 is 0 Å². The fourth-order valence-corrected chi connectivity index (χ4v) is 8.74. The molecule has 2 atom stereocenters. The molecule has 0 unspecified atom stereocenters. The Morgan fingerprint density at radius 3 is 2.17 bits per heavy atom. The van der Waals surface area contributed by atoms with E-state index in [1.165, 1.54) is 44.9 Å². The Hall–Kier alpha value is -1.10. The van der Waals surface area contributed by atoms with E-state index in [4.69, 9.17) is 4.74 Å². The summed E-state index contributed by atoms with van der Waals surface area (Å²) in [6.45, 7) is 4.11. The zero-order valence-electron chi connectivity index (χ0n) is 18.4. The van der Waals surface area contributed by atoms with E-state index in [1.807, 2.05) is 0 Å². The van der Waals surface area contributed by atoms with Gasteiger partial charge in [-0.2, -0.15) is 0 Å². The first-order valence-electron chi connectivity index (χ1n) is 12.8. The number of hydrogen-bond acceptors (Lipinski definition) is 3. The van der Waals surface area contributed by atoms with Gasteiger partial charge in [0.1, 0.15) is 0 Å². The molecule has 7 fully saturated rings. The summed E-state index contributed by atoms with van der Waals surface area (Å²) < 4.78 is 5.45. The molecule has 5 nitrogen and oxygen atoms in total. The molecule has 0 spiro atoms. The molecule has 4 aliphatic carbocycles. The Morgan fingerprint density at radius 1 is 0.833 bits per heavy atom. The third kappa shape index (κ3) is 3.22. The third-order valence-electron chi connectivity index (χ3n) is 9.70. The summed E-state index contributed by atoms with van der Waals surface area (Å²) >= 11 is 0. The normalized spacial score (nSPS) is 43.5. The smallest absolute Gasteiger partial charge is 0.229 e. The van der Waals surface area contributed by atoms with Crippen LogP contribution in [0.5, 0.6) is 0 Å². The van der Waals surface area contributed by atoms with Crippen molar-refractivity contribution in [2.24, 2.45) is 35.0 Å². The van der Waals surface area contributed by atoms with Gasteiger partial charge in [-0.1, -0.05) is 0 Å². The van der Waals surface area contributed by atoms with Crippen molar-refractivity contribution in [1.82, 2.24) is 9.80 Å². The fraction of sp³-hybridized carbons (Fsp3) is 0.920. The van der Waals surface area contributed by atoms with Crippen LogP contribution in [0.2, 0.25) is 0 Å². The van der Waals surface area contributed by atoms with Crippen molar-refractivity contribution in [2.75, 3.05) is 32.8 Å². The summed E-state index contributed by atoms with van der Waals surface area (Å²) in [6, 6.07) is 0.373. The van der Waals surface area contributed by atoms with Crippen molar-refractivity contribution >= 4 is 11.8 Å². The molecular weight excluding hydrogens is 376 g/mol. The van der Waals surface area contributed by atoms with Gasteiger partial charge in [0.25, 0.3) is 0 Å². The maximum Gasteiger partial charge on any atom is 0.229 e. The maximum atomic E-state index is 14.0. The number of fused-ring (bicyclic) bond motifs is 1. The highest BCUT2D eigenvalue weighted by molar-refractivity contribution is 5.84. The highest BCUT2D eigenvalue weighted by atomic mass is 16.5. The lowest BCUT2D eigenvalue weighted by Gasteiger charge is -2.58. The fourth-order valence-electron chi connectivity index (χ4n) is 8.74. The van der Waals surface area contributed by atoms with E-state index in [1.54, 1.807) is 0 Å². The van der Waals surface area contributed by atoms with E-state index < -0.39 is 0 Å². The molecule has 0 N–H and O–H groups in total. The SMILES string of the molecule is O=C(C1CCOCC1)N1CC[C@H]2[C@H](CCCN2C(=O)C23CC4CC(CC(C4)C2)C3)C1. The van der Waals surface area contributed by atoms with Crippen molar-refractivity contribution in [1.29, 1.82) is 0 Å². The van der Waals surface area contributed by atoms with Crippen molar-refractivity contribution < 1.29 is 14.3 Å². The van der Waals surface area contributed by atoms with Crippen LogP contribution in [0.4, 0.5) is 0 Å². The standard InChI is InChI=1S/C25H38N2O3/c28-23(20-4-8-30-9-5-20)26-7-3-22-21(16-26)2-1-6-27(22)24(29)25-13-17-10-18(14-25)12-19(11-17)15-25/h17-22H,1-16H2/t17?,18?,19?,21-,22+,25?/m1/s1. The number of carbonyl (C=O) groups excluding carboxylic acids is 2. The summed E-state index contributed by atoms with van der Waals surface area (Å²) in [5, 5.41) is 0. The topological polar surface area (TPSA) is 49.9 Å². The summed E-state index contributed by atoms with van der Waals surface area (Å²) in [4.78, 5) is 31.5. The predicted octanol–water partition coefficient (Wildman–Crippen LogP) is 3.47. The van der Waals surface area contributed by atoms with Crippen LogP contribution in [0.3, 0.4) is 0 Å². The molecule has 3 saturated heterocycles. The van der Waals surface area contributed by atoms with Gasteiger partial charge in [-0.05, 0) is 94.3 Å². The van der Waals surface area contributed by atoms with E-state index in [-0.39, 0.29) is 11.3 Å². The number of rotatable bonds is 2. The van der Waals surface area contributed by atoms with E-state index in [0.29, 0.717) is 23.8 Å². The molecule has 5 heteroatoms. The Kier molecular flexibility index (Phi) is 4.89. The Labute approximate surface area is 180 Å². The van der Waals surface area contributed by atoms with Gasteiger partial charge in [0.05, 0.1) is 5.41 Å². The monoisotopic (exact) mass is 414 g/mol.